The highest BCUT2D eigenvalue weighted by Crippen LogP contribution is 2.20. The molecule has 0 saturated carbocycles. The third-order valence-corrected chi connectivity index (χ3v) is 5.07. The minimum atomic E-state index is -1.28. The molecule has 0 aliphatic heterocycles. The summed E-state index contributed by atoms with van der Waals surface area (Å²) in [6.07, 6.45) is 5.76. The van der Waals surface area contributed by atoms with Crippen molar-refractivity contribution in [1.82, 2.24) is 19.3 Å². The van der Waals surface area contributed by atoms with Gasteiger partial charge in [-0.15, -0.1) is 0 Å². The average molecular weight is 425 g/mol. The number of carboxylic acids is 1. The van der Waals surface area contributed by atoms with E-state index < -0.39 is 11.6 Å². The van der Waals surface area contributed by atoms with Crippen LogP contribution in [0.4, 0.5) is 0 Å². The molecule has 0 amide bonds. The summed E-state index contributed by atoms with van der Waals surface area (Å²) in [7, 11) is 0. The first kappa shape index (κ1) is 22.3. The fourth-order valence-electron chi connectivity index (χ4n) is 3.27. The van der Waals surface area contributed by atoms with E-state index in [0.717, 1.165) is 29.8 Å². The Morgan fingerprint density at radius 1 is 1.06 bits per heavy atom. The minimum absolute atomic E-state index is 0.100. The van der Waals surface area contributed by atoms with E-state index in [-0.39, 0.29) is 5.69 Å². The molecule has 0 fully saturated rings. The Kier molecular flexibility index (Phi) is 6.89. The minimum Gasteiger partial charge on any atom is -0.478 e. The van der Waals surface area contributed by atoms with Crippen molar-refractivity contribution in [2.45, 2.75) is 58.7 Å². The molecule has 1 aromatic carbocycles. The zero-order valence-corrected chi connectivity index (χ0v) is 18.1. The number of carboxylic acid groups (broad SMARTS) is 1. The lowest BCUT2D eigenvalue weighted by Gasteiger charge is -2.21. The topological polar surface area (TPSA) is 99.2 Å². The highest BCUT2D eigenvalue weighted by atomic mass is 16.5. The number of pyridine rings is 1. The molecule has 3 aromatic rings. The Bertz CT molecular complexity index is 1070. The molecule has 2 heterocycles. The van der Waals surface area contributed by atoms with Gasteiger partial charge in [-0.25, -0.2) is 14.3 Å². The summed E-state index contributed by atoms with van der Waals surface area (Å²) >= 11 is 0. The van der Waals surface area contributed by atoms with Crippen molar-refractivity contribution in [3.63, 3.8) is 0 Å². The van der Waals surface area contributed by atoms with Gasteiger partial charge in [0, 0.05) is 25.4 Å². The first-order chi connectivity index (χ1) is 14.8. The van der Waals surface area contributed by atoms with Gasteiger partial charge in [0.05, 0.1) is 6.54 Å². The Hall–Kier alpha value is -3.42. The number of aromatic nitrogens is 4. The van der Waals surface area contributed by atoms with Crippen LogP contribution in [0.5, 0.6) is 5.75 Å². The van der Waals surface area contributed by atoms with E-state index in [0.29, 0.717) is 25.3 Å². The number of benzene rings is 1. The van der Waals surface area contributed by atoms with E-state index >= 15 is 0 Å². The van der Waals surface area contributed by atoms with Crippen LogP contribution in [0.25, 0.3) is 0 Å². The molecule has 2 aromatic heterocycles. The van der Waals surface area contributed by atoms with E-state index in [9.17, 15) is 9.59 Å². The molecule has 0 spiro atoms. The zero-order chi connectivity index (χ0) is 22.4. The van der Waals surface area contributed by atoms with Gasteiger partial charge in [-0.05, 0) is 69.0 Å². The molecule has 31 heavy (non-hydrogen) atoms. The summed E-state index contributed by atoms with van der Waals surface area (Å²) < 4.78 is 8.75. The van der Waals surface area contributed by atoms with Gasteiger partial charge in [-0.3, -0.25) is 9.55 Å². The van der Waals surface area contributed by atoms with Crippen molar-refractivity contribution in [2.24, 2.45) is 0 Å². The quantitative estimate of drug-likeness (QED) is 0.537. The fraction of sp³-hybridized carbons (Fsp3) is 0.391. The lowest BCUT2D eigenvalue weighted by atomic mass is 10.1. The average Bonchev–Trinajstić information content (AvgIpc) is 3.04. The first-order valence-electron chi connectivity index (χ1n) is 10.4. The van der Waals surface area contributed by atoms with Gasteiger partial charge in [-0.1, -0.05) is 12.1 Å². The number of hydrogen-bond donors (Lipinski definition) is 1. The van der Waals surface area contributed by atoms with E-state index in [2.05, 4.69) is 10.1 Å². The van der Waals surface area contributed by atoms with E-state index in [1.807, 2.05) is 31.2 Å². The van der Waals surface area contributed by atoms with Crippen LogP contribution < -0.4 is 10.4 Å². The highest BCUT2D eigenvalue weighted by molar-refractivity contribution is 5.76. The lowest BCUT2D eigenvalue weighted by Crippen LogP contribution is -2.37. The molecule has 8 heteroatoms. The normalized spacial score (nSPS) is 11.5. The van der Waals surface area contributed by atoms with E-state index in [1.165, 1.54) is 18.5 Å². The second-order valence-corrected chi connectivity index (χ2v) is 7.87. The first-order valence-corrected chi connectivity index (χ1v) is 10.4. The summed E-state index contributed by atoms with van der Waals surface area (Å²) in [5, 5.41) is 13.7. The van der Waals surface area contributed by atoms with Gasteiger partial charge in [0.25, 0.3) is 0 Å². The third-order valence-electron chi connectivity index (χ3n) is 5.07. The van der Waals surface area contributed by atoms with Crippen LogP contribution in [-0.4, -0.2) is 36.0 Å². The van der Waals surface area contributed by atoms with Crippen LogP contribution in [0.3, 0.4) is 0 Å². The monoisotopic (exact) mass is 424 g/mol. The predicted molar refractivity (Wildman–Crippen MR) is 116 cm³/mol. The Balaban J connectivity index is 1.61. The maximum Gasteiger partial charge on any atom is 0.347 e. The fourth-order valence-corrected chi connectivity index (χ4v) is 3.27. The van der Waals surface area contributed by atoms with Gasteiger partial charge < -0.3 is 9.84 Å². The van der Waals surface area contributed by atoms with Gasteiger partial charge >= 0.3 is 11.7 Å². The van der Waals surface area contributed by atoms with Crippen molar-refractivity contribution in [3.05, 3.63) is 76.2 Å². The van der Waals surface area contributed by atoms with E-state index in [1.54, 1.807) is 29.1 Å². The van der Waals surface area contributed by atoms with Crippen LogP contribution in [0.1, 0.15) is 44.1 Å². The van der Waals surface area contributed by atoms with Crippen molar-refractivity contribution in [1.29, 1.82) is 0 Å². The Labute approximate surface area is 181 Å². The summed E-state index contributed by atoms with van der Waals surface area (Å²) in [6, 6.07) is 11.2. The van der Waals surface area contributed by atoms with Crippen molar-refractivity contribution >= 4 is 5.97 Å². The number of rotatable bonds is 10. The molecule has 0 aliphatic carbocycles. The highest BCUT2D eigenvalue weighted by Gasteiger charge is 2.29. The summed E-state index contributed by atoms with van der Waals surface area (Å²) in [4.78, 5) is 27.8. The third kappa shape index (κ3) is 5.59. The molecule has 0 aliphatic rings. The molecule has 0 unspecified atom stereocenters. The van der Waals surface area contributed by atoms with Crippen LogP contribution in [0.15, 0.2) is 53.6 Å². The van der Waals surface area contributed by atoms with Crippen LogP contribution >= 0.6 is 0 Å². The smallest absolute Gasteiger partial charge is 0.347 e. The van der Waals surface area contributed by atoms with Crippen LogP contribution in [0.2, 0.25) is 0 Å². The number of ether oxygens (including phenoxy) is 1. The summed E-state index contributed by atoms with van der Waals surface area (Å²) in [5.74, 6) is 0.289. The molecule has 0 radical (unpaired) electrons. The number of aryl methyl sites for hydroxylation is 2. The maximum absolute atomic E-state index is 12.6. The molecule has 8 nitrogen and oxygen atoms in total. The molecule has 164 valence electrons. The van der Waals surface area contributed by atoms with E-state index in [4.69, 9.17) is 9.84 Å². The molecule has 0 saturated heterocycles. The SMILES string of the molecule is CCn1c(CCCc2ccc(OC(C)(C)C(=O)O)cc2)nn(Cc2ccncc2)c1=O. The second-order valence-electron chi connectivity index (χ2n) is 7.87. The summed E-state index contributed by atoms with van der Waals surface area (Å²) in [5.41, 5.74) is 0.720. The number of nitrogens with zero attached hydrogens (tertiary/aromatic N) is 4. The number of carbonyl (C=O) groups is 1. The Morgan fingerprint density at radius 2 is 1.74 bits per heavy atom. The zero-order valence-electron chi connectivity index (χ0n) is 18.1. The van der Waals surface area contributed by atoms with Gasteiger partial charge in [0.2, 0.25) is 0 Å². The van der Waals surface area contributed by atoms with Crippen molar-refractivity contribution in [2.75, 3.05) is 0 Å². The lowest BCUT2D eigenvalue weighted by molar-refractivity contribution is -0.152. The molecule has 0 atom stereocenters. The van der Waals surface area contributed by atoms with Gasteiger partial charge in [0.1, 0.15) is 11.6 Å². The molecular formula is C23H28N4O4. The van der Waals surface area contributed by atoms with Gasteiger partial charge in [0.15, 0.2) is 5.60 Å². The standard InChI is InChI=1S/C23H28N4O4/c1-4-26-20(25-27(22(26)30)16-18-12-14-24-15-13-18)7-5-6-17-8-10-19(11-9-17)31-23(2,3)21(28)29/h8-15H,4-7,16H2,1-3H3,(H,28,29). The largest absolute Gasteiger partial charge is 0.478 e. The predicted octanol–water partition coefficient (Wildman–Crippen LogP) is 2.93. The summed E-state index contributed by atoms with van der Waals surface area (Å²) in [6.45, 7) is 5.99. The second kappa shape index (κ2) is 9.59. The molecule has 1 N–H and O–H groups in total. The number of aliphatic carboxylic acids is 1. The van der Waals surface area contributed by atoms with Crippen molar-refractivity contribution in [3.8, 4) is 5.75 Å². The van der Waals surface area contributed by atoms with Crippen LogP contribution in [0, 0.1) is 0 Å². The maximum atomic E-state index is 12.6. The Morgan fingerprint density at radius 3 is 2.35 bits per heavy atom. The number of hydrogen-bond acceptors (Lipinski definition) is 5. The van der Waals surface area contributed by atoms with Crippen molar-refractivity contribution < 1.29 is 14.6 Å². The molecular weight excluding hydrogens is 396 g/mol. The van der Waals surface area contributed by atoms with Crippen LogP contribution in [-0.2, 0) is 30.7 Å². The molecule has 3 rings (SSSR count). The van der Waals surface area contributed by atoms with Gasteiger partial charge in [-0.2, -0.15) is 5.10 Å². The molecule has 0 bridgehead atoms.